The summed E-state index contributed by atoms with van der Waals surface area (Å²) >= 11 is 1.46. The molecule has 2 heterocycles. The van der Waals surface area contributed by atoms with Crippen LogP contribution in [0.3, 0.4) is 0 Å². The molecule has 0 aliphatic carbocycles. The minimum absolute atomic E-state index is 0.0991. The number of amides is 2. The van der Waals surface area contributed by atoms with Crippen LogP contribution in [0.4, 0.5) is 5.00 Å². The van der Waals surface area contributed by atoms with E-state index in [2.05, 4.69) is 22.5 Å². The van der Waals surface area contributed by atoms with Gasteiger partial charge in [-0.2, -0.15) is 0 Å². The third kappa shape index (κ3) is 3.00. The first kappa shape index (κ1) is 15.0. The fourth-order valence-electron chi connectivity index (χ4n) is 2.38. The van der Waals surface area contributed by atoms with E-state index in [4.69, 9.17) is 5.11 Å². The molecule has 0 saturated heterocycles. The Balaban J connectivity index is 2.31. The topological polar surface area (TPSA) is 81.7 Å². The molecular formula is C13H19N3O3S. The quantitative estimate of drug-likeness (QED) is 0.665. The van der Waals surface area contributed by atoms with E-state index >= 15 is 0 Å². The molecule has 1 aliphatic rings. The first-order valence-corrected chi connectivity index (χ1v) is 7.49. The Morgan fingerprint density at radius 3 is 3.00 bits per heavy atom. The van der Waals surface area contributed by atoms with E-state index in [1.54, 1.807) is 0 Å². The molecule has 110 valence electrons. The molecule has 1 aromatic heterocycles. The Morgan fingerprint density at radius 2 is 2.35 bits per heavy atom. The van der Waals surface area contributed by atoms with Crippen LogP contribution < -0.4 is 10.6 Å². The predicted octanol–water partition coefficient (Wildman–Crippen LogP) is 0.416. The second-order valence-electron chi connectivity index (χ2n) is 4.57. The van der Waals surface area contributed by atoms with Crippen molar-refractivity contribution in [3.63, 3.8) is 0 Å². The summed E-state index contributed by atoms with van der Waals surface area (Å²) in [6, 6.07) is 0. The van der Waals surface area contributed by atoms with Gasteiger partial charge in [-0.1, -0.05) is 6.92 Å². The van der Waals surface area contributed by atoms with Gasteiger partial charge in [0.15, 0.2) is 0 Å². The van der Waals surface area contributed by atoms with Gasteiger partial charge in [0.25, 0.3) is 5.91 Å². The van der Waals surface area contributed by atoms with Crippen LogP contribution in [0.1, 0.15) is 27.7 Å². The standard InChI is InChI=1S/C13H19N3O3S/c1-2-16-5-3-9-10(7-16)20-13(15-8-18)11(9)12(19)14-4-6-17/h8,17H,2-7H2,1H3,(H,14,19)(H,15,18). The molecule has 0 radical (unpaired) electrons. The van der Waals surface area contributed by atoms with E-state index in [0.29, 0.717) is 17.0 Å². The lowest BCUT2D eigenvalue weighted by Crippen LogP contribution is -2.32. The highest BCUT2D eigenvalue weighted by molar-refractivity contribution is 7.16. The van der Waals surface area contributed by atoms with Crippen LogP contribution in [0, 0.1) is 0 Å². The van der Waals surface area contributed by atoms with Crippen LogP contribution in [-0.4, -0.2) is 48.6 Å². The third-order valence-electron chi connectivity index (χ3n) is 3.40. The number of aliphatic hydroxyl groups is 1. The van der Waals surface area contributed by atoms with Crippen LogP contribution in [-0.2, 0) is 17.8 Å². The molecule has 0 aromatic carbocycles. The first-order chi connectivity index (χ1) is 9.71. The summed E-state index contributed by atoms with van der Waals surface area (Å²) in [7, 11) is 0. The van der Waals surface area contributed by atoms with Gasteiger partial charge in [-0.25, -0.2) is 0 Å². The van der Waals surface area contributed by atoms with Gasteiger partial charge < -0.3 is 15.7 Å². The Hall–Kier alpha value is -1.44. The summed E-state index contributed by atoms with van der Waals surface area (Å²) < 4.78 is 0. The van der Waals surface area contributed by atoms with Gasteiger partial charge in [0, 0.05) is 24.5 Å². The van der Waals surface area contributed by atoms with Gasteiger partial charge in [-0.3, -0.25) is 14.5 Å². The van der Waals surface area contributed by atoms with E-state index in [0.717, 1.165) is 36.5 Å². The molecule has 20 heavy (non-hydrogen) atoms. The molecule has 0 spiro atoms. The first-order valence-electron chi connectivity index (χ1n) is 6.67. The van der Waals surface area contributed by atoms with Gasteiger partial charge >= 0.3 is 0 Å². The third-order valence-corrected chi connectivity index (χ3v) is 4.55. The van der Waals surface area contributed by atoms with Crippen LogP contribution >= 0.6 is 11.3 Å². The zero-order chi connectivity index (χ0) is 14.5. The molecule has 0 bridgehead atoms. The Kier molecular flexibility index (Phi) is 5.11. The highest BCUT2D eigenvalue weighted by atomic mass is 32.1. The van der Waals surface area contributed by atoms with E-state index in [1.165, 1.54) is 11.3 Å². The largest absolute Gasteiger partial charge is 0.395 e. The number of nitrogens with one attached hydrogen (secondary N) is 2. The van der Waals surface area contributed by atoms with Crippen LogP contribution in [0.2, 0.25) is 0 Å². The number of thiophene rings is 1. The van der Waals surface area contributed by atoms with Crippen molar-refractivity contribution in [1.29, 1.82) is 0 Å². The smallest absolute Gasteiger partial charge is 0.254 e. The minimum Gasteiger partial charge on any atom is -0.395 e. The summed E-state index contributed by atoms with van der Waals surface area (Å²) in [5.41, 5.74) is 1.58. The monoisotopic (exact) mass is 297 g/mol. The fraction of sp³-hybridized carbons (Fsp3) is 0.538. The number of likely N-dealkylation sites (N-methyl/N-ethyl adjacent to an activating group) is 1. The molecule has 0 fully saturated rings. The van der Waals surface area contributed by atoms with E-state index in [1.807, 2.05) is 0 Å². The van der Waals surface area contributed by atoms with Crippen LogP contribution in [0.5, 0.6) is 0 Å². The molecule has 0 unspecified atom stereocenters. The molecule has 2 amide bonds. The Labute approximate surface area is 121 Å². The number of aliphatic hydroxyl groups excluding tert-OH is 1. The maximum absolute atomic E-state index is 12.2. The molecular weight excluding hydrogens is 278 g/mol. The summed E-state index contributed by atoms with van der Waals surface area (Å²) in [6.07, 6.45) is 1.40. The van der Waals surface area contributed by atoms with Crippen molar-refractivity contribution in [1.82, 2.24) is 10.2 Å². The molecule has 1 aromatic rings. The highest BCUT2D eigenvalue weighted by Crippen LogP contribution is 2.36. The number of carbonyl (C=O) groups is 2. The van der Waals surface area contributed by atoms with Crippen molar-refractivity contribution in [2.75, 3.05) is 31.6 Å². The maximum atomic E-state index is 12.2. The van der Waals surface area contributed by atoms with Crippen molar-refractivity contribution in [2.45, 2.75) is 19.9 Å². The van der Waals surface area contributed by atoms with E-state index in [-0.39, 0.29) is 19.1 Å². The predicted molar refractivity (Wildman–Crippen MR) is 78.1 cm³/mol. The molecule has 3 N–H and O–H groups in total. The van der Waals surface area contributed by atoms with Crippen molar-refractivity contribution in [3.05, 3.63) is 16.0 Å². The van der Waals surface area contributed by atoms with Crippen LogP contribution in [0.15, 0.2) is 0 Å². The number of rotatable bonds is 6. The minimum atomic E-state index is -0.231. The summed E-state index contributed by atoms with van der Waals surface area (Å²) in [6.45, 7) is 4.93. The lowest BCUT2D eigenvalue weighted by molar-refractivity contribution is -0.105. The van der Waals surface area contributed by atoms with Crippen molar-refractivity contribution in [3.8, 4) is 0 Å². The molecule has 6 nitrogen and oxygen atoms in total. The summed E-state index contributed by atoms with van der Waals surface area (Å²) in [5, 5.41) is 14.7. The Morgan fingerprint density at radius 1 is 1.55 bits per heavy atom. The normalized spacial score (nSPS) is 14.7. The van der Waals surface area contributed by atoms with Gasteiger partial charge in [0.05, 0.1) is 12.2 Å². The molecule has 1 aliphatic heterocycles. The second kappa shape index (κ2) is 6.83. The number of anilines is 1. The van der Waals surface area contributed by atoms with Crippen molar-refractivity contribution in [2.24, 2.45) is 0 Å². The number of fused-ring (bicyclic) bond motifs is 1. The molecule has 7 heteroatoms. The van der Waals surface area contributed by atoms with Gasteiger partial charge in [0.1, 0.15) is 5.00 Å². The van der Waals surface area contributed by atoms with E-state index in [9.17, 15) is 9.59 Å². The zero-order valence-corrected chi connectivity index (χ0v) is 12.3. The number of hydrogen-bond donors (Lipinski definition) is 3. The van der Waals surface area contributed by atoms with Gasteiger partial charge in [-0.15, -0.1) is 11.3 Å². The second-order valence-corrected chi connectivity index (χ2v) is 5.67. The van der Waals surface area contributed by atoms with Crippen molar-refractivity contribution < 1.29 is 14.7 Å². The fourth-order valence-corrected chi connectivity index (χ4v) is 3.63. The number of carbonyl (C=O) groups excluding carboxylic acids is 2. The van der Waals surface area contributed by atoms with Gasteiger partial charge in [-0.05, 0) is 18.5 Å². The molecule has 0 saturated carbocycles. The van der Waals surface area contributed by atoms with E-state index < -0.39 is 0 Å². The van der Waals surface area contributed by atoms with Crippen LogP contribution in [0.25, 0.3) is 0 Å². The molecule has 2 rings (SSSR count). The summed E-state index contributed by atoms with van der Waals surface area (Å²) in [5.74, 6) is -0.231. The number of nitrogens with zero attached hydrogens (tertiary/aromatic N) is 1. The average molecular weight is 297 g/mol. The maximum Gasteiger partial charge on any atom is 0.254 e. The van der Waals surface area contributed by atoms with Gasteiger partial charge in [0.2, 0.25) is 6.41 Å². The highest BCUT2D eigenvalue weighted by Gasteiger charge is 2.27. The Bertz CT molecular complexity index is 501. The summed E-state index contributed by atoms with van der Waals surface area (Å²) in [4.78, 5) is 26.3. The van der Waals surface area contributed by atoms with Crippen molar-refractivity contribution >= 4 is 28.7 Å². The lowest BCUT2D eigenvalue weighted by atomic mass is 10.0. The molecule has 0 atom stereocenters. The SMILES string of the molecule is CCN1CCc2c(sc(NC=O)c2C(=O)NCCO)C1. The lowest BCUT2D eigenvalue weighted by Gasteiger charge is -2.25. The number of hydrogen-bond acceptors (Lipinski definition) is 5. The average Bonchev–Trinajstić information content (AvgIpc) is 2.82. The zero-order valence-electron chi connectivity index (χ0n) is 11.4.